The minimum Gasteiger partial charge on any atom is -0.439 e. The van der Waals surface area contributed by atoms with Gasteiger partial charge in [0.05, 0.1) is 0 Å². The smallest absolute Gasteiger partial charge is 0.321 e. The van der Waals surface area contributed by atoms with Crippen LogP contribution < -0.4 is 0 Å². The van der Waals surface area contributed by atoms with E-state index in [4.69, 9.17) is 17.1 Å². The summed E-state index contributed by atoms with van der Waals surface area (Å²) in [6.45, 7) is 20.5. The maximum atomic E-state index is 5.86. The van der Waals surface area contributed by atoms with Crippen LogP contribution in [0.15, 0.2) is 12.3 Å². The second kappa shape index (κ2) is 9.46. The van der Waals surface area contributed by atoms with Crippen molar-refractivity contribution in [2.24, 2.45) is 0 Å². The van der Waals surface area contributed by atoms with Gasteiger partial charge in [-0.05, 0) is 52.4 Å². The first-order valence-corrected chi connectivity index (χ1v) is 18.3. The predicted molar refractivity (Wildman–Crippen MR) is 97.7 cm³/mol. The van der Waals surface area contributed by atoms with Gasteiger partial charge in [-0.2, -0.15) is 0 Å². The monoisotopic (exact) mass is 354 g/mol. The van der Waals surface area contributed by atoms with E-state index in [0.717, 1.165) is 0 Å². The molecule has 0 saturated heterocycles. The highest BCUT2D eigenvalue weighted by molar-refractivity contribution is 6.85. The lowest BCUT2D eigenvalue weighted by molar-refractivity contribution is 0.313. The Morgan fingerprint density at radius 2 is 1.25 bits per heavy atom. The summed E-state index contributed by atoms with van der Waals surface area (Å²) >= 11 is 0. The molecule has 0 rings (SSSR count). The zero-order valence-corrected chi connectivity index (χ0v) is 19.1. The Morgan fingerprint density at radius 3 is 1.45 bits per heavy atom. The first kappa shape index (κ1) is 22.7. The molecule has 0 amide bonds. The van der Waals surface area contributed by atoms with Crippen LogP contribution in [0.5, 0.6) is 0 Å². The molecule has 0 spiro atoms. The molecule has 0 aliphatic heterocycles. The Morgan fingerprint density at radius 1 is 0.850 bits per heavy atom. The van der Waals surface area contributed by atoms with E-state index in [2.05, 4.69) is 45.9 Å². The summed E-state index contributed by atoms with van der Waals surface area (Å²) in [6.07, 6.45) is 0. The Labute approximate surface area is 130 Å². The van der Waals surface area contributed by atoms with Crippen LogP contribution in [0.3, 0.4) is 0 Å². The van der Waals surface area contributed by atoms with Gasteiger partial charge in [-0.15, -0.1) is 6.58 Å². The highest BCUT2D eigenvalue weighted by Gasteiger charge is 2.31. The van der Waals surface area contributed by atoms with Gasteiger partial charge in [0, 0.05) is 14.2 Å². The molecule has 0 fully saturated rings. The molecule has 20 heavy (non-hydrogen) atoms. The van der Waals surface area contributed by atoms with Gasteiger partial charge in [-0.3, -0.25) is 0 Å². The molecule has 0 N–H and O–H groups in total. The second-order valence-corrected chi connectivity index (χ2v) is 20.2. The largest absolute Gasteiger partial charge is 0.439 e. The maximum Gasteiger partial charge on any atom is 0.321 e. The van der Waals surface area contributed by atoms with Crippen LogP contribution >= 0.6 is 0 Å². The molecular weight excluding hydrogens is 320 g/mol. The van der Waals surface area contributed by atoms with E-state index >= 15 is 0 Å². The Balaban J connectivity index is 0. The van der Waals surface area contributed by atoms with Crippen molar-refractivity contribution >= 4 is 34.5 Å². The summed E-state index contributed by atoms with van der Waals surface area (Å²) in [7, 11) is -2.60. The number of hydrogen-bond donors (Lipinski definition) is 0. The van der Waals surface area contributed by atoms with E-state index in [9.17, 15) is 0 Å². The standard InChI is InChI=1S/C7H18O2Si2.C5H16O2Si2/c1-7-10(3,4)9-11(5,6)8-2;1-6-9(4,5)7-8(2)3/h7H,1H2,2-6H3;8H,1-5H3. The van der Waals surface area contributed by atoms with Crippen molar-refractivity contribution in [1.82, 2.24) is 0 Å². The first-order valence-electron chi connectivity index (χ1n) is 6.92. The van der Waals surface area contributed by atoms with Crippen molar-refractivity contribution in [2.75, 3.05) is 14.2 Å². The van der Waals surface area contributed by atoms with Gasteiger partial charge >= 0.3 is 17.1 Å². The molecule has 0 aliphatic rings. The molecule has 4 nitrogen and oxygen atoms in total. The normalized spacial score (nSPS) is 12.9. The van der Waals surface area contributed by atoms with Crippen LogP contribution in [-0.2, 0) is 17.1 Å². The molecule has 0 radical (unpaired) electrons. The van der Waals surface area contributed by atoms with Crippen LogP contribution in [-0.4, -0.2) is 48.7 Å². The van der Waals surface area contributed by atoms with E-state index in [1.807, 2.05) is 18.8 Å². The second-order valence-electron chi connectivity index (χ2n) is 6.28. The fraction of sp³-hybridized carbons (Fsp3) is 0.833. The van der Waals surface area contributed by atoms with E-state index in [-0.39, 0.29) is 0 Å². The third kappa shape index (κ3) is 13.4. The summed E-state index contributed by atoms with van der Waals surface area (Å²) in [5.74, 6) is 0. The molecule has 122 valence electrons. The van der Waals surface area contributed by atoms with Gasteiger partial charge in [-0.1, -0.05) is 5.70 Å². The Kier molecular flexibility index (Phi) is 10.8. The van der Waals surface area contributed by atoms with E-state index in [1.165, 1.54) is 0 Å². The summed E-state index contributed by atoms with van der Waals surface area (Å²) in [4.78, 5) is 0. The lowest BCUT2D eigenvalue weighted by Crippen LogP contribution is -2.44. The molecule has 0 saturated carbocycles. The Hall–Kier alpha value is 0.448. The molecule has 0 heterocycles. The summed E-state index contributed by atoms with van der Waals surface area (Å²) in [5, 5.41) is 0. The highest BCUT2D eigenvalue weighted by atomic mass is 28.4. The van der Waals surface area contributed by atoms with Crippen LogP contribution in [0.25, 0.3) is 0 Å². The van der Waals surface area contributed by atoms with Crippen LogP contribution in [0.1, 0.15) is 0 Å². The van der Waals surface area contributed by atoms with Crippen LogP contribution in [0.2, 0.25) is 52.4 Å². The Bertz CT molecular complexity index is 281. The van der Waals surface area contributed by atoms with Gasteiger partial charge in [-0.25, -0.2) is 0 Å². The van der Waals surface area contributed by atoms with E-state index in [1.54, 1.807) is 14.2 Å². The average Bonchev–Trinajstić information content (AvgIpc) is 2.27. The van der Waals surface area contributed by atoms with Gasteiger partial charge in [0.1, 0.15) is 0 Å². The van der Waals surface area contributed by atoms with Crippen molar-refractivity contribution < 1.29 is 17.1 Å². The molecule has 0 aromatic rings. The number of rotatable bonds is 7. The van der Waals surface area contributed by atoms with Gasteiger partial charge in [0.15, 0.2) is 17.4 Å². The van der Waals surface area contributed by atoms with Gasteiger partial charge < -0.3 is 17.1 Å². The molecule has 0 unspecified atom stereocenters. The third-order valence-corrected chi connectivity index (χ3v) is 13.7. The molecule has 0 aromatic heterocycles. The van der Waals surface area contributed by atoms with Crippen molar-refractivity contribution in [3.05, 3.63) is 12.3 Å². The third-order valence-electron chi connectivity index (χ3n) is 2.50. The molecule has 0 aromatic carbocycles. The van der Waals surface area contributed by atoms with Crippen molar-refractivity contribution in [3.8, 4) is 0 Å². The fourth-order valence-corrected chi connectivity index (χ4v) is 12.0. The summed E-state index contributed by atoms with van der Waals surface area (Å²) in [6, 6.07) is 0. The molecular formula is C12H34O4Si4. The van der Waals surface area contributed by atoms with Crippen LogP contribution in [0, 0.1) is 0 Å². The maximum absolute atomic E-state index is 5.86. The summed E-state index contributed by atoms with van der Waals surface area (Å²) < 4.78 is 22.0. The molecule has 0 aliphatic carbocycles. The first-order chi connectivity index (χ1) is 8.81. The molecule has 0 atom stereocenters. The lowest BCUT2D eigenvalue weighted by atomic mass is 11.3. The van der Waals surface area contributed by atoms with E-state index < -0.39 is 34.5 Å². The predicted octanol–water partition coefficient (Wildman–Crippen LogP) is 3.62. The van der Waals surface area contributed by atoms with Gasteiger partial charge in [0.2, 0.25) is 0 Å². The quantitative estimate of drug-likeness (QED) is 0.654. The zero-order chi connectivity index (χ0) is 16.6. The van der Waals surface area contributed by atoms with Crippen LogP contribution in [0.4, 0.5) is 0 Å². The zero-order valence-electron chi connectivity index (χ0n) is 15.0. The van der Waals surface area contributed by atoms with Crippen molar-refractivity contribution in [2.45, 2.75) is 52.4 Å². The van der Waals surface area contributed by atoms with Crippen molar-refractivity contribution in [3.63, 3.8) is 0 Å². The van der Waals surface area contributed by atoms with Gasteiger partial charge in [0.25, 0.3) is 0 Å². The average molecular weight is 355 g/mol. The lowest BCUT2D eigenvalue weighted by Gasteiger charge is -2.29. The number of hydrogen-bond acceptors (Lipinski definition) is 4. The molecule has 8 heteroatoms. The fourth-order valence-electron chi connectivity index (χ4n) is 1.33. The van der Waals surface area contributed by atoms with Crippen molar-refractivity contribution in [1.29, 1.82) is 0 Å². The SMILES string of the molecule is C=C[Si](C)(C)O[Si](C)(C)OC.CO[Si](C)(C)O[SiH](C)C. The molecule has 0 bridgehead atoms. The minimum atomic E-state index is -1.84. The van der Waals surface area contributed by atoms with E-state index in [0.29, 0.717) is 0 Å². The minimum absolute atomic E-state index is 0.876. The highest BCUT2D eigenvalue weighted by Crippen LogP contribution is 2.14. The topological polar surface area (TPSA) is 36.9 Å². The summed E-state index contributed by atoms with van der Waals surface area (Å²) in [5.41, 5.74) is 1.93.